The van der Waals surface area contributed by atoms with Crippen molar-refractivity contribution in [3.05, 3.63) is 88.0 Å². The number of methoxy groups -OCH3 is 1. The van der Waals surface area contributed by atoms with Crippen molar-refractivity contribution in [1.29, 1.82) is 0 Å². The molecule has 2 aromatic carbocycles. The molecule has 4 rings (SSSR count). The van der Waals surface area contributed by atoms with E-state index in [9.17, 15) is 23.2 Å². The van der Waals surface area contributed by atoms with Crippen LogP contribution in [0, 0.1) is 0 Å². The second-order valence-electron chi connectivity index (χ2n) is 9.51. The molecule has 0 aliphatic heterocycles. The molecule has 0 spiro atoms. The smallest absolute Gasteiger partial charge is 0.322 e. The van der Waals surface area contributed by atoms with Crippen LogP contribution in [0.15, 0.2) is 60.2 Å². The number of unbranched alkanes of at least 4 members (excludes halogenated alkanes) is 1. The number of anilines is 1. The second-order valence-corrected chi connectivity index (χ2v) is 9.51. The van der Waals surface area contributed by atoms with Gasteiger partial charge in [0.15, 0.2) is 5.78 Å². The van der Waals surface area contributed by atoms with Crippen molar-refractivity contribution in [3.8, 4) is 0 Å². The average molecular weight is 524 g/mol. The largest absolute Gasteiger partial charge is 0.468 e. The molecule has 1 unspecified atom stereocenters. The topological polar surface area (TPSA) is 111 Å². The van der Waals surface area contributed by atoms with Crippen molar-refractivity contribution in [3.63, 3.8) is 0 Å². The van der Waals surface area contributed by atoms with E-state index in [1.54, 1.807) is 24.3 Å². The number of rotatable bonds is 9. The number of nitrogens with two attached hydrogens (primary N) is 1. The lowest BCUT2D eigenvalue weighted by Gasteiger charge is -2.20. The molecule has 0 fully saturated rings. The van der Waals surface area contributed by atoms with Gasteiger partial charge in [0.1, 0.15) is 17.7 Å². The van der Waals surface area contributed by atoms with E-state index in [2.05, 4.69) is 15.4 Å². The average Bonchev–Trinajstić information content (AvgIpc) is 3.05. The molecule has 0 aromatic heterocycles. The van der Waals surface area contributed by atoms with E-state index in [-0.39, 0.29) is 18.1 Å². The third-order valence-electron chi connectivity index (χ3n) is 6.86. The summed E-state index contributed by atoms with van der Waals surface area (Å²) in [5, 5.41) is 5.92. The molecule has 4 N–H and O–H groups in total. The molecule has 0 saturated carbocycles. The monoisotopic (exact) mass is 523 g/mol. The molecule has 0 saturated heterocycles. The SMILES string of the molecule is COC(=O)[C@@H](N)CCCCNC(=O)c1ccc2c(c1)C(=O)c1ccc(NC3CC=C(F)C=C3F)cc1CC2. The van der Waals surface area contributed by atoms with Gasteiger partial charge in [-0.15, -0.1) is 0 Å². The maximum Gasteiger partial charge on any atom is 0.322 e. The fourth-order valence-corrected chi connectivity index (χ4v) is 4.70. The van der Waals surface area contributed by atoms with Crippen molar-refractivity contribution in [2.75, 3.05) is 19.0 Å². The maximum absolute atomic E-state index is 14.1. The Kier molecular flexibility index (Phi) is 8.68. The first-order valence-corrected chi connectivity index (χ1v) is 12.7. The lowest BCUT2D eigenvalue weighted by atomic mass is 9.96. The molecular weight excluding hydrogens is 492 g/mol. The van der Waals surface area contributed by atoms with E-state index >= 15 is 0 Å². The normalized spacial score (nSPS) is 17.3. The van der Waals surface area contributed by atoms with Crippen molar-refractivity contribution < 1.29 is 27.9 Å². The Morgan fingerprint density at radius 2 is 1.87 bits per heavy atom. The fraction of sp³-hybridized carbons (Fsp3) is 0.345. The van der Waals surface area contributed by atoms with Crippen LogP contribution in [0.4, 0.5) is 14.5 Å². The summed E-state index contributed by atoms with van der Waals surface area (Å²) in [4.78, 5) is 37.5. The van der Waals surface area contributed by atoms with Crippen LogP contribution in [-0.2, 0) is 22.4 Å². The molecule has 2 aliphatic rings. The molecule has 1 amide bonds. The van der Waals surface area contributed by atoms with E-state index < -0.39 is 29.7 Å². The number of amides is 1. The minimum Gasteiger partial charge on any atom is -0.468 e. The van der Waals surface area contributed by atoms with E-state index in [1.807, 2.05) is 12.1 Å². The summed E-state index contributed by atoms with van der Waals surface area (Å²) < 4.78 is 32.0. The minimum absolute atomic E-state index is 0.167. The molecule has 2 atom stereocenters. The van der Waals surface area contributed by atoms with E-state index in [1.165, 1.54) is 13.2 Å². The Bertz CT molecular complexity index is 1300. The van der Waals surface area contributed by atoms with Crippen LogP contribution < -0.4 is 16.4 Å². The van der Waals surface area contributed by atoms with Gasteiger partial charge in [0.25, 0.3) is 5.91 Å². The number of hydrogen-bond donors (Lipinski definition) is 3. The van der Waals surface area contributed by atoms with Gasteiger partial charge in [-0.3, -0.25) is 14.4 Å². The van der Waals surface area contributed by atoms with Crippen molar-refractivity contribution in [1.82, 2.24) is 5.32 Å². The van der Waals surface area contributed by atoms with Crippen LogP contribution in [-0.4, -0.2) is 43.4 Å². The number of esters is 1. The Hall–Kier alpha value is -3.85. The molecule has 0 bridgehead atoms. The van der Waals surface area contributed by atoms with Gasteiger partial charge >= 0.3 is 5.97 Å². The first-order valence-electron chi connectivity index (χ1n) is 12.7. The first kappa shape index (κ1) is 27.2. The van der Waals surface area contributed by atoms with Gasteiger partial charge in [0.2, 0.25) is 0 Å². The molecule has 9 heteroatoms. The summed E-state index contributed by atoms with van der Waals surface area (Å²) in [7, 11) is 1.29. The zero-order chi connectivity index (χ0) is 27.2. The highest BCUT2D eigenvalue weighted by atomic mass is 19.1. The van der Waals surface area contributed by atoms with Crippen LogP contribution in [0.5, 0.6) is 0 Å². The molecule has 200 valence electrons. The number of fused-ring (bicyclic) bond motifs is 2. The Morgan fingerprint density at radius 3 is 2.63 bits per heavy atom. The van der Waals surface area contributed by atoms with Gasteiger partial charge in [-0.05, 0) is 86.1 Å². The van der Waals surface area contributed by atoms with Crippen molar-refractivity contribution in [2.45, 2.75) is 50.6 Å². The maximum atomic E-state index is 14.1. The first-order chi connectivity index (χ1) is 18.3. The van der Waals surface area contributed by atoms with Crippen LogP contribution in [0.1, 0.15) is 63.1 Å². The van der Waals surface area contributed by atoms with Gasteiger partial charge < -0.3 is 21.1 Å². The molecule has 2 aliphatic carbocycles. The molecular formula is C29H31F2N3O4. The van der Waals surface area contributed by atoms with Crippen molar-refractivity contribution >= 4 is 23.3 Å². The van der Waals surface area contributed by atoms with E-state index in [4.69, 9.17) is 5.73 Å². The summed E-state index contributed by atoms with van der Waals surface area (Å²) in [6, 6.07) is 9.08. The number of hydrogen-bond acceptors (Lipinski definition) is 6. The second kappa shape index (κ2) is 12.1. The molecule has 38 heavy (non-hydrogen) atoms. The molecule has 7 nitrogen and oxygen atoms in total. The van der Waals surface area contributed by atoms with Crippen LogP contribution >= 0.6 is 0 Å². The number of benzene rings is 2. The number of ketones is 1. The number of allylic oxidation sites excluding steroid dienone is 2. The van der Waals surface area contributed by atoms with Gasteiger partial charge in [-0.1, -0.05) is 6.07 Å². The van der Waals surface area contributed by atoms with Gasteiger partial charge in [0.05, 0.1) is 13.2 Å². The number of aryl methyl sites for hydroxylation is 2. The highest BCUT2D eigenvalue weighted by Crippen LogP contribution is 2.29. The zero-order valence-electron chi connectivity index (χ0n) is 21.2. The Balaban J connectivity index is 1.39. The van der Waals surface area contributed by atoms with E-state index in [0.29, 0.717) is 61.0 Å². The third-order valence-corrected chi connectivity index (χ3v) is 6.86. The molecule has 2 aromatic rings. The highest BCUT2D eigenvalue weighted by Gasteiger charge is 2.24. The molecule has 0 radical (unpaired) electrons. The Labute approximate surface area is 220 Å². The van der Waals surface area contributed by atoms with E-state index in [0.717, 1.165) is 17.2 Å². The van der Waals surface area contributed by atoms with Crippen LogP contribution in [0.25, 0.3) is 0 Å². The van der Waals surface area contributed by atoms with Gasteiger partial charge in [-0.25, -0.2) is 8.78 Å². The predicted octanol–water partition coefficient (Wildman–Crippen LogP) is 4.31. The van der Waals surface area contributed by atoms with Gasteiger partial charge in [-0.2, -0.15) is 0 Å². The summed E-state index contributed by atoms with van der Waals surface area (Å²) >= 11 is 0. The quantitative estimate of drug-likeness (QED) is 0.334. The number of carbonyl (C=O) groups is 3. The predicted molar refractivity (Wildman–Crippen MR) is 140 cm³/mol. The number of halogens is 2. The number of ether oxygens (including phenoxy) is 1. The van der Waals surface area contributed by atoms with Crippen LogP contribution in [0.3, 0.4) is 0 Å². The lowest BCUT2D eigenvalue weighted by molar-refractivity contribution is -0.142. The lowest BCUT2D eigenvalue weighted by Crippen LogP contribution is -2.31. The summed E-state index contributed by atoms with van der Waals surface area (Å²) in [6.45, 7) is 0.412. The minimum atomic E-state index is -0.673. The van der Waals surface area contributed by atoms with Crippen LogP contribution in [0.2, 0.25) is 0 Å². The van der Waals surface area contributed by atoms with Crippen molar-refractivity contribution in [2.24, 2.45) is 5.73 Å². The highest BCUT2D eigenvalue weighted by molar-refractivity contribution is 6.12. The molecule has 0 heterocycles. The number of nitrogens with one attached hydrogen (secondary N) is 2. The third kappa shape index (κ3) is 6.34. The summed E-state index contributed by atoms with van der Waals surface area (Å²) in [5.74, 6) is -2.06. The Morgan fingerprint density at radius 1 is 1.08 bits per heavy atom. The number of carbonyl (C=O) groups excluding carboxylic acids is 3. The summed E-state index contributed by atoms with van der Waals surface area (Å²) in [6.07, 6.45) is 5.40. The standard InChI is InChI=1S/C29H31F2N3O4/c1-38-29(37)25(32)4-2-3-13-33-28(36)19-8-6-17-5-7-18-14-21(10-11-22(18)27(35)23(17)15-19)34-26-12-9-20(30)16-24(26)31/h6,8-11,14-16,25-26,34H,2-5,7,12-13,32H2,1H3,(H,33,36)/t25-,26?/m0/s1. The zero-order valence-corrected chi connectivity index (χ0v) is 21.2. The fourth-order valence-electron chi connectivity index (χ4n) is 4.70. The summed E-state index contributed by atoms with van der Waals surface area (Å²) in [5.41, 5.74) is 9.48. The van der Waals surface area contributed by atoms with Gasteiger partial charge in [0, 0.05) is 35.0 Å².